The number of nitrogens with one attached hydrogen (secondary N) is 1. The fraction of sp³-hybridized carbons (Fsp3) is 0.455. The van der Waals surface area contributed by atoms with E-state index in [1.165, 1.54) is 11.8 Å². The monoisotopic (exact) mass is 242 g/mol. The molecule has 0 aliphatic heterocycles. The van der Waals surface area contributed by atoms with Crippen molar-refractivity contribution in [1.29, 1.82) is 0 Å². The smallest absolute Gasteiger partial charge is 0.149 e. The van der Waals surface area contributed by atoms with Gasteiger partial charge in [-0.1, -0.05) is 13.0 Å². The van der Waals surface area contributed by atoms with E-state index in [4.69, 9.17) is 5.73 Å². The van der Waals surface area contributed by atoms with Crippen LogP contribution in [-0.4, -0.2) is 27.0 Å². The Bertz CT molecular complexity index is 455. The standard InChI is InChI=1S/C11H18N2O2S/c1-3-9-4-5-11(10(12)8-9)13-6-7-16(2,14)15/h4-5,8,13H,3,6-7,12H2,1-2H3. The molecule has 1 rings (SSSR count). The highest BCUT2D eigenvalue weighted by atomic mass is 32.2. The maximum Gasteiger partial charge on any atom is 0.149 e. The number of sulfone groups is 1. The van der Waals surface area contributed by atoms with E-state index >= 15 is 0 Å². The average molecular weight is 242 g/mol. The van der Waals surface area contributed by atoms with E-state index < -0.39 is 9.84 Å². The van der Waals surface area contributed by atoms with Gasteiger partial charge in [0.2, 0.25) is 0 Å². The average Bonchev–Trinajstić information content (AvgIpc) is 2.18. The van der Waals surface area contributed by atoms with Gasteiger partial charge in [0.1, 0.15) is 9.84 Å². The molecule has 0 saturated heterocycles. The molecule has 4 nitrogen and oxygen atoms in total. The van der Waals surface area contributed by atoms with Crippen LogP contribution in [0.2, 0.25) is 0 Å². The number of hydrogen-bond donors (Lipinski definition) is 2. The Morgan fingerprint density at radius 3 is 2.56 bits per heavy atom. The molecule has 0 aliphatic carbocycles. The van der Waals surface area contributed by atoms with E-state index in [0.29, 0.717) is 12.2 Å². The molecule has 0 unspecified atom stereocenters. The van der Waals surface area contributed by atoms with Crippen LogP contribution in [0.4, 0.5) is 11.4 Å². The lowest BCUT2D eigenvalue weighted by molar-refractivity contribution is 0.602. The second-order valence-electron chi connectivity index (χ2n) is 3.83. The molecule has 0 atom stereocenters. The highest BCUT2D eigenvalue weighted by molar-refractivity contribution is 7.90. The summed E-state index contributed by atoms with van der Waals surface area (Å²) < 4.78 is 21.9. The first-order chi connectivity index (χ1) is 7.42. The zero-order chi connectivity index (χ0) is 12.2. The summed E-state index contributed by atoms with van der Waals surface area (Å²) in [5, 5.41) is 3.02. The summed E-state index contributed by atoms with van der Waals surface area (Å²) in [4.78, 5) is 0. The lowest BCUT2D eigenvalue weighted by Crippen LogP contribution is -2.14. The van der Waals surface area contributed by atoms with Gasteiger partial charge < -0.3 is 11.1 Å². The van der Waals surface area contributed by atoms with Gasteiger partial charge in [-0.15, -0.1) is 0 Å². The second kappa shape index (κ2) is 5.21. The second-order valence-corrected chi connectivity index (χ2v) is 6.09. The first-order valence-electron chi connectivity index (χ1n) is 5.22. The van der Waals surface area contributed by atoms with Crippen molar-refractivity contribution in [2.24, 2.45) is 0 Å². The summed E-state index contributed by atoms with van der Waals surface area (Å²) in [6.45, 7) is 2.44. The minimum atomic E-state index is -2.92. The highest BCUT2D eigenvalue weighted by Gasteiger charge is 2.03. The maximum atomic E-state index is 10.9. The van der Waals surface area contributed by atoms with Crippen LogP contribution in [0.25, 0.3) is 0 Å². The van der Waals surface area contributed by atoms with Crippen molar-refractivity contribution < 1.29 is 8.42 Å². The van der Waals surface area contributed by atoms with Crippen molar-refractivity contribution in [3.05, 3.63) is 23.8 Å². The lowest BCUT2D eigenvalue weighted by Gasteiger charge is -2.09. The Morgan fingerprint density at radius 2 is 2.06 bits per heavy atom. The molecule has 0 radical (unpaired) electrons. The topological polar surface area (TPSA) is 72.2 Å². The molecular formula is C11H18N2O2S. The van der Waals surface area contributed by atoms with Crippen molar-refractivity contribution in [3.8, 4) is 0 Å². The van der Waals surface area contributed by atoms with Gasteiger partial charge in [-0.3, -0.25) is 0 Å². The summed E-state index contributed by atoms with van der Waals surface area (Å²) in [7, 11) is -2.92. The van der Waals surface area contributed by atoms with Gasteiger partial charge in [0.15, 0.2) is 0 Å². The van der Waals surface area contributed by atoms with Crippen molar-refractivity contribution in [2.75, 3.05) is 29.6 Å². The number of anilines is 2. The third-order valence-corrected chi connectivity index (χ3v) is 3.26. The van der Waals surface area contributed by atoms with Gasteiger partial charge in [-0.05, 0) is 24.1 Å². The predicted molar refractivity (Wildman–Crippen MR) is 68.4 cm³/mol. The van der Waals surface area contributed by atoms with E-state index in [1.54, 1.807) is 0 Å². The van der Waals surface area contributed by atoms with Crippen LogP contribution in [0.1, 0.15) is 12.5 Å². The Balaban J connectivity index is 2.61. The molecule has 1 aromatic rings. The van der Waals surface area contributed by atoms with Crippen LogP contribution >= 0.6 is 0 Å². The van der Waals surface area contributed by atoms with E-state index in [-0.39, 0.29) is 5.75 Å². The Kier molecular flexibility index (Phi) is 4.18. The Hall–Kier alpha value is -1.23. The minimum absolute atomic E-state index is 0.113. The minimum Gasteiger partial charge on any atom is -0.397 e. The van der Waals surface area contributed by atoms with Gasteiger partial charge in [-0.25, -0.2) is 8.42 Å². The molecule has 0 saturated carbocycles. The molecule has 0 heterocycles. The first-order valence-corrected chi connectivity index (χ1v) is 7.28. The van der Waals surface area contributed by atoms with Crippen LogP contribution in [0, 0.1) is 0 Å². The molecule has 5 heteroatoms. The third kappa shape index (κ3) is 4.10. The number of nitrogens with two attached hydrogens (primary N) is 1. The molecule has 1 aromatic carbocycles. The maximum absolute atomic E-state index is 10.9. The highest BCUT2D eigenvalue weighted by Crippen LogP contribution is 2.19. The summed E-state index contributed by atoms with van der Waals surface area (Å²) in [6, 6.07) is 5.78. The summed E-state index contributed by atoms with van der Waals surface area (Å²) in [5.41, 5.74) is 8.46. The van der Waals surface area contributed by atoms with Gasteiger partial charge in [0.25, 0.3) is 0 Å². The lowest BCUT2D eigenvalue weighted by atomic mass is 10.1. The van der Waals surface area contributed by atoms with E-state index in [0.717, 1.165) is 12.1 Å². The summed E-state index contributed by atoms with van der Waals surface area (Å²) >= 11 is 0. The van der Waals surface area contributed by atoms with Gasteiger partial charge >= 0.3 is 0 Å². The fourth-order valence-corrected chi connectivity index (χ4v) is 1.84. The molecule has 0 fully saturated rings. The van der Waals surface area contributed by atoms with Crippen molar-refractivity contribution >= 4 is 21.2 Å². The van der Waals surface area contributed by atoms with E-state index in [9.17, 15) is 8.42 Å². The molecule has 0 amide bonds. The fourth-order valence-electron chi connectivity index (χ4n) is 1.36. The van der Waals surface area contributed by atoms with E-state index in [1.807, 2.05) is 18.2 Å². The number of nitrogen functional groups attached to an aromatic ring is 1. The quantitative estimate of drug-likeness (QED) is 0.763. The zero-order valence-electron chi connectivity index (χ0n) is 9.66. The normalized spacial score (nSPS) is 11.4. The number of rotatable bonds is 5. The van der Waals surface area contributed by atoms with Crippen LogP contribution < -0.4 is 11.1 Å². The third-order valence-electron chi connectivity index (χ3n) is 2.31. The van der Waals surface area contributed by atoms with Crippen molar-refractivity contribution in [2.45, 2.75) is 13.3 Å². The Morgan fingerprint density at radius 1 is 1.38 bits per heavy atom. The first kappa shape index (κ1) is 12.8. The largest absolute Gasteiger partial charge is 0.397 e. The van der Waals surface area contributed by atoms with Gasteiger partial charge in [0.05, 0.1) is 17.1 Å². The molecule has 0 bridgehead atoms. The molecule has 0 aliphatic rings. The van der Waals surface area contributed by atoms with Gasteiger partial charge in [0, 0.05) is 12.8 Å². The molecule has 16 heavy (non-hydrogen) atoms. The van der Waals surface area contributed by atoms with Crippen LogP contribution in [0.3, 0.4) is 0 Å². The van der Waals surface area contributed by atoms with Crippen molar-refractivity contribution in [3.63, 3.8) is 0 Å². The molecule has 0 aromatic heterocycles. The van der Waals surface area contributed by atoms with E-state index in [2.05, 4.69) is 12.2 Å². The Labute approximate surface area is 96.8 Å². The van der Waals surface area contributed by atoms with Gasteiger partial charge in [-0.2, -0.15) is 0 Å². The summed E-state index contributed by atoms with van der Waals surface area (Å²) in [6.07, 6.45) is 2.16. The SMILES string of the molecule is CCc1ccc(NCCS(C)(=O)=O)c(N)c1. The molecule has 3 N–H and O–H groups in total. The molecule has 90 valence electrons. The molecule has 0 spiro atoms. The number of aryl methyl sites for hydroxylation is 1. The van der Waals surface area contributed by atoms with Crippen LogP contribution in [0.15, 0.2) is 18.2 Å². The predicted octanol–water partition coefficient (Wildman–Crippen LogP) is 1.29. The van der Waals surface area contributed by atoms with Crippen molar-refractivity contribution in [1.82, 2.24) is 0 Å². The number of hydrogen-bond acceptors (Lipinski definition) is 4. The molecular weight excluding hydrogens is 224 g/mol. The van der Waals surface area contributed by atoms with Crippen LogP contribution in [0.5, 0.6) is 0 Å². The number of benzene rings is 1. The zero-order valence-corrected chi connectivity index (χ0v) is 10.5. The summed E-state index contributed by atoms with van der Waals surface area (Å²) in [5.74, 6) is 0.113. The van der Waals surface area contributed by atoms with Crippen LogP contribution in [-0.2, 0) is 16.3 Å².